The van der Waals surface area contributed by atoms with Gasteiger partial charge in [-0.3, -0.25) is 4.79 Å². The number of fused-ring (bicyclic) bond motifs is 1. The molecule has 0 aliphatic carbocycles. The van der Waals surface area contributed by atoms with E-state index in [9.17, 15) is 9.90 Å². The number of carbonyl (C=O) groups is 1. The number of ether oxygens (including phenoxy) is 4. The Hall–Kier alpha value is -1.79. The number of esters is 1. The number of rotatable bonds is 5. The molecular formula is C15H20O6. The fraction of sp³-hybridized carbons (Fsp3) is 0.533. The summed E-state index contributed by atoms with van der Waals surface area (Å²) in [6.07, 6.45) is -1.50. The maximum Gasteiger partial charge on any atom is 0.308 e. The molecule has 2 rings (SSSR count). The Bertz CT molecular complexity index is 513. The van der Waals surface area contributed by atoms with E-state index < -0.39 is 12.2 Å². The minimum Gasteiger partial charge on any atom is -0.493 e. The summed E-state index contributed by atoms with van der Waals surface area (Å²) in [6.45, 7) is 2.29. The summed E-state index contributed by atoms with van der Waals surface area (Å²) in [4.78, 5) is 11.5. The summed E-state index contributed by atoms with van der Waals surface area (Å²) >= 11 is 0. The van der Waals surface area contributed by atoms with Gasteiger partial charge in [-0.15, -0.1) is 0 Å². The average Bonchev–Trinajstić information content (AvgIpc) is 2.49. The van der Waals surface area contributed by atoms with Crippen LogP contribution in [0.3, 0.4) is 0 Å². The minimum absolute atomic E-state index is 0.0167. The number of hydrogen-bond donors (Lipinski definition) is 1. The van der Waals surface area contributed by atoms with E-state index in [1.165, 1.54) is 7.11 Å². The van der Waals surface area contributed by atoms with Gasteiger partial charge in [0.25, 0.3) is 0 Å². The topological polar surface area (TPSA) is 74.2 Å². The summed E-state index contributed by atoms with van der Waals surface area (Å²) in [5, 5.41) is 10.4. The summed E-state index contributed by atoms with van der Waals surface area (Å²) in [7, 11) is 3.09. The summed E-state index contributed by atoms with van der Waals surface area (Å²) in [5.41, 5.74) is 1.43. The lowest BCUT2D eigenvalue weighted by Gasteiger charge is -2.31. The highest BCUT2D eigenvalue weighted by molar-refractivity contribution is 5.70. The second kappa shape index (κ2) is 6.78. The third-order valence-corrected chi connectivity index (χ3v) is 3.47. The van der Waals surface area contributed by atoms with Crippen molar-refractivity contribution in [3.05, 3.63) is 23.3 Å². The number of aliphatic hydroxyl groups is 1. The molecule has 0 aromatic heterocycles. The van der Waals surface area contributed by atoms with E-state index in [0.29, 0.717) is 23.7 Å². The van der Waals surface area contributed by atoms with Gasteiger partial charge in [-0.1, -0.05) is 6.07 Å². The third kappa shape index (κ3) is 3.11. The first-order chi connectivity index (χ1) is 10.1. The lowest BCUT2D eigenvalue weighted by Crippen LogP contribution is -2.31. The van der Waals surface area contributed by atoms with Crippen molar-refractivity contribution in [3.8, 4) is 11.5 Å². The number of aliphatic hydroxyl groups excluding tert-OH is 1. The summed E-state index contributed by atoms with van der Waals surface area (Å²) < 4.78 is 21.0. The smallest absolute Gasteiger partial charge is 0.308 e. The molecular weight excluding hydrogens is 276 g/mol. The molecule has 1 N–H and O–H groups in total. The van der Waals surface area contributed by atoms with E-state index >= 15 is 0 Å². The van der Waals surface area contributed by atoms with Crippen molar-refractivity contribution in [3.63, 3.8) is 0 Å². The molecule has 21 heavy (non-hydrogen) atoms. The molecule has 6 nitrogen and oxygen atoms in total. The molecule has 1 aliphatic heterocycles. The van der Waals surface area contributed by atoms with Crippen LogP contribution in [0.1, 0.15) is 30.6 Å². The fourth-order valence-corrected chi connectivity index (χ4v) is 2.47. The average molecular weight is 296 g/mol. The molecule has 116 valence electrons. The van der Waals surface area contributed by atoms with Gasteiger partial charge in [-0.05, 0) is 18.6 Å². The maximum absolute atomic E-state index is 11.5. The lowest BCUT2D eigenvalue weighted by atomic mass is 9.93. The van der Waals surface area contributed by atoms with Gasteiger partial charge in [-0.2, -0.15) is 0 Å². The van der Waals surface area contributed by atoms with E-state index in [1.54, 1.807) is 26.2 Å². The highest BCUT2D eigenvalue weighted by Crippen LogP contribution is 2.41. The second-order valence-electron chi connectivity index (χ2n) is 4.67. The molecule has 0 radical (unpaired) electrons. The SMILES string of the molecule is CCOC(=O)C[C@H]1OCc2c(ccc(OC)c2OC)[C@@H]1O. The van der Waals surface area contributed by atoms with Crippen molar-refractivity contribution in [1.82, 2.24) is 0 Å². The lowest BCUT2D eigenvalue weighted by molar-refractivity contribution is -0.151. The Morgan fingerprint density at radius 3 is 2.76 bits per heavy atom. The van der Waals surface area contributed by atoms with Crippen molar-refractivity contribution in [1.29, 1.82) is 0 Å². The number of methoxy groups -OCH3 is 2. The van der Waals surface area contributed by atoms with Crippen molar-refractivity contribution < 1.29 is 28.8 Å². The molecule has 0 saturated heterocycles. The van der Waals surface area contributed by atoms with Gasteiger partial charge in [0.15, 0.2) is 11.5 Å². The highest BCUT2D eigenvalue weighted by atomic mass is 16.5. The van der Waals surface area contributed by atoms with Crippen LogP contribution < -0.4 is 9.47 Å². The van der Waals surface area contributed by atoms with Crippen LogP contribution in [0.5, 0.6) is 11.5 Å². The molecule has 6 heteroatoms. The zero-order valence-corrected chi connectivity index (χ0v) is 12.4. The van der Waals surface area contributed by atoms with Crippen LogP contribution in [-0.4, -0.2) is 38.0 Å². The Labute approximate surface area is 123 Å². The summed E-state index contributed by atoms with van der Waals surface area (Å²) in [5.74, 6) is 0.741. The molecule has 0 amide bonds. The summed E-state index contributed by atoms with van der Waals surface area (Å²) in [6, 6.07) is 3.50. The Morgan fingerprint density at radius 2 is 2.14 bits per heavy atom. The zero-order valence-electron chi connectivity index (χ0n) is 12.4. The number of benzene rings is 1. The van der Waals surface area contributed by atoms with Gasteiger partial charge < -0.3 is 24.1 Å². The van der Waals surface area contributed by atoms with Crippen molar-refractivity contribution >= 4 is 5.97 Å². The molecule has 0 unspecified atom stereocenters. The molecule has 0 spiro atoms. The van der Waals surface area contributed by atoms with Crippen molar-refractivity contribution in [2.24, 2.45) is 0 Å². The van der Waals surface area contributed by atoms with E-state index in [4.69, 9.17) is 18.9 Å². The first-order valence-electron chi connectivity index (χ1n) is 6.81. The van der Waals surface area contributed by atoms with Crippen LogP contribution in [0.15, 0.2) is 12.1 Å². The largest absolute Gasteiger partial charge is 0.493 e. The molecule has 2 atom stereocenters. The predicted molar refractivity (Wildman–Crippen MR) is 74.3 cm³/mol. The Kier molecular flexibility index (Phi) is 5.03. The van der Waals surface area contributed by atoms with Gasteiger partial charge >= 0.3 is 5.97 Å². The predicted octanol–water partition coefficient (Wildman–Crippen LogP) is 1.59. The molecule has 0 bridgehead atoms. The highest BCUT2D eigenvalue weighted by Gasteiger charge is 2.33. The molecule has 1 aliphatic rings. The van der Waals surface area contributed by atoms with Gasteiger partial charge in [0.1, 0.15) is 6.10 Å². The normalized spacial score (nSPS) is 20.6. The molecule has 1 heterocycles. The fourth-order valence-electron chi connectivity index (χ4n) is 2.47. The van der Waals surface area contributed by atoms with Crippen molar-refractivity contribution in [2.75, 3.05) is 20.8 Å². The molecule has 1 aromatic rings. The van der Waals surface area contributed by atoms with E-state index in [0.717, 1.165) is 5.56 Å². The van der Waals surface area contributed by atoms with Gasteiger partial charge in [0.05, 0.1) is 40.0 Å². The van der Waals surface area contributed by atoms with Crippen molar-refractivity contribution in [2.45, 2.75) is 32.2 Å². The monoisotopic (exact) mass is 296 g/mol. The molecule has 0 fully saturated rings. The number of carbonyl (C=O) groups excluding carboxylic acids is 1. The Morgan fingerprint density at radius 1 is 1.38 bits per heavy atom. The quantitative estimate of drug-likeness (QED) is 0.832. The molecule has 1 aromatic carbocycles. The van der Waals surface area contributed by atoms with E-state index in [-0.39, 0.29) is 19.0 Å². The van der Waals surface area contributed by atoms with Crippen LogP contribution in [0.4, 0.5) is 0 Å². The van der Waals surface area contributed by atoms with Gasteiger partial charge in [0.2, 0.25) is 0 Å². The van der Waals surface area contributed by atoms with Crippen LogP contribution in [-0.2, 0) is 20.9 Å². The second-order valence-corrected chi connectivity index (χ2v) is 4.67. The minimum atomic E-state index is -0.905. The van der Waals surface area contributed by atoms with Crippen LogP contribution >= 0.6 is 0 Å². The van der Waals surface area contributed by atoms with E-state index in [1.807, 2.05) is 0 Å². The molecule has 0 saturated carbocycles. The van der Waals surface area contributed by atoms with Gasteiger partial charge in [-0.25, -0.2) is 0 Å². The Balaban J connectivity index is 2.24. The standard InChI is InChI=1S/C15H20O6/c1-4-20-13(16)7-12-14(17)9-5-6-11(18-2)15(19-3)10(9)8-21-12/h5-6,12,14,17H,4,7-8H2,1-3H3/t12-,14+/m1/s1. The maximum atomic E-state index is 11.5. The van der Waals surface area contributed by atoms with Crippen LogP contribution in [0.25, 0.3) is 0 Å². The first-order valence-corrected chi connectivity index (χ1v) is 6.81. The van der Waals surface area contributed by atoms with Gasteiger partial charge in [0, 0.05) is 5.56 Å². The first kappa shape index (κ1) is 15.6. The zero-order chi connectivity index (χ0) is 15.4. The third-order valence-electron chi connectivity index (χ3n) is 3.47. The van der Waals surface area contributed by atoms with Crippen LogP contribution in [0.2, 0.25) is 0 Å². The van der Waals surface area contributed by atoms with Crippen LogP contribution in [0, 0.1) is 0 Å². The number of hydrogen-bond acceptors (Lipinski definition) is 6. The van der Waals surface area contributed by atoms with E-state index in [2.05, 4.69) is 0 Å².